The van der Waals surface area contributed by atoms with Crippen LogP contribution in [0.3, 0.4) is 0 Å². The van der Waals surface area contributed by atoms with Crippen LogP contribution in [0.15, 0.2) is 48.5 Å². The van der Waals surface area contributed by atoms with Gasteiger partial charge in [-0.2, -0.15) is 0 Å². The number of hydrogen-bond donors (Lipinski definition) is 2. The average Bonchev–Trinajstić information content (AvgIpc) is 2.61. The van der Waals surface area contributed by atoms with Crippen LogP contribution in [0.4, 0.5) is 5.69 Å². The van der Waals surface area contributed by atoms with E-state index in [2.05, 4.69) is 22.5 Å². The minimum Gasteiger partial charge on any atom is -0.456 e. The van der Waals surface area contributed by atoms with E-state index in [1.165, 1.54) is 0 Å². The molecule has 26 heavy (non-hydrogen) atoms. The highest BCUT2D eigenvalue weighted by Gasteiger charge is 2.20. The zero-order valence-electron chi connectivity index (χ0n) is 14.6. The summed E-state index contributed by atoms with van der Waals surface area (Å²) in [5, 5.41) is 6.81. The first-order chi connectivity index (χ1) is 12.1. The molecule has 2 N–H and O–H groups in total. The Labute approximate surface area is 165 Å². The highest BCUT2D eigenvalue weighted by Crippen LogP contribution is 2.29. The van der Waals surface area contributed by atoms with Gasteiger partial charge in [0.1, 0.15) is 11.5 Å². The largest absolute Gasteiger partial charge is 0.456 e. The van der Waals surface area contributed by atoms with E-state index >= 15 is 0 Å². The smallest absolute Gasteiger partial charge is 0.238 e. The molecule has 2 aromatic rings. The maximum atomic E-state index is 12.2. The molecular weight excluding hydrogens is 373 g/mol. The summed E-state index contributed by atoms with van der Waals surface area (Å²) in [4.78, 5) is 14.4. The number of nitrogens with one attached hydrogen (secondary N) is 2. The molecule has 0 spiro atoms. The van der Waals surface area contributed by atoms with Crippen molar-refractivity contribution in [1.82, 2.24) is 10.2 Å². The Hall–Kier alpha value is -1.79. The van der Waals surface area contributed by atoms with Crippen LogP contribution < -0.4 is 15.4 Å². The van der Waals surface area contributed by atoms with E-state index in [-0.39, 0.29) is 18.3 Å². The number of carbonyl (C=O) groups is 1. The molecule has 0 aliphatic carbocycles. The molecular formula is C19H23Cl2N3O2. The predicted molar refractivity (Wildman–Crippen MR) is 108 cm³/mol. The number of piperazine rings is 1. The van der Waals surface area contributed by atoms with Crippen molar-refractivity contribution in [3.05, 3.63) is 53.6 Å². The fraction of sp³-hybridized carbons (Fsp3) is 0.316. The molecule has 0 saturated carbocycles. The number of rotatable bonds is 5. The van der Waals surface area contributed by atoms with Gasteiger partial charge in [0.25, 0.3) is 0 Å². The number of amides is 1. The SMILES string of the molecule is C[C@@H]1CNCCN1CC(=O)Nc1ccc(Oc2ccccc2Cl)cc1.Cl. The first-order valence-corrected chi connectivity index (χ1v) is 8.76. The summed E-state index contributed by atoms with van der Waals surface area (Å²) < 4.78 is 5.74. The molecule has 0 radical (unpaired) electrons. The molecule has 0 unspecified atom stereocenters. The highest BCUT2D eigenvalue weighted by molar-refractivity contribution is 6.32. The minimum absolute atomic E-state index is 0. The van der Waals surface area contributed by atoms with Crippen molar-refractivity contribution in [1.29, 1.82) is 0 Å². The standard InChI is InChI=1S/C19H22ClN3O2.ClH/c1-14-12-21-10-11-23(14)13-19(24)22-15-6-8-16(9-7-15)25-18-5-3-2-4-17(18)20;/h2-9,14,21H,10-13H2,1H3,(H,22,24);1H/t14-;/m1./s1. The molecule has 140 valence electrons. The van der Waals surface area contributed by atoms with Gasteiger partial charge in [-0.3, -0.25) is 9.69 Å². The lowest BCUT2D eigenvalue weighted by atomic mass is 10.2. The highest BCUT2D eigenvalue weighted by atomic mass is 35.5. The maximum absolute atomic E-state index is 12.2. The Morgan fingerprint density at radius 1 is 1.27 bits per heavy atom. The van der Waals surface area contributed by atoms with E-state index in [4.69, 9.17) is 16.3 Å². The van der Waals surface area contributed by atoms with Crippen LogP contribution in [0.5, 0.6) is 11.5 Å². The quantitative estimate of drug-likeness (QED) is 0.808. The van der Waals surface area contributed by atoms with E-state index in [1.807, 2.05) is 42.5 Å². The van der Waals surface area contributed by atoms with E-state index in [0.717, 1.165) is 25.3 Å². The second-order valence-electron chi connectivity index (χ2n) is 6.13. The van der Waals surface area contributed by atoms with Gasteiger partial charge in [-0.1, -0.05) is 23.7 Å². The number of anilines is 1. The summed E-state index contributed by atoms with van der Waals surface area (Å²) in [7, 11) is 0. The van der Waals surface area contributed by atoms with Crippen LogP contribution in [0.25, 0.3) is 0 Å². The molecule has 5 nitrogen and oxygen atoms in total. The summed E-state index contributed by atoms with van der Waals surface area (Å²) in [5.74, 6) is 1.27. The lowest BCUT2D eigenvalue weighted by molar-refractivity contribution is -0.118. The van der Waals surface area contributed by atoms with Crippen LogP contribution in [-0.2, 0) is 4.79 Å². The summed E-state index contributed by atoms with van der Waals surface area (Å²) >= 11 is 6.09. The molecule has 1 aliphatic rings. The van der Waals surface area contributed by atoms with Gasteiger partial charge in [-0.15, -0.1) is 12.4 Å². The van der Waals surface area contributed by atoms with Crippen molar-refractivity contribution >= 4 is 35.6 Å². The van der Waals surface area contributed by atoms with Crippen LogP contribution in [0.1, 0.15) is 6.92 Å². The third kappa shape index (κ3) is 5.61. The van der Waals surface area contributed by atoms with Gasteiger partial charge >= 0.3 is 0 Å². The molecule has 7 heteroatoms. The Bertz CT molecular complexity index is 725. The Balaban J connectivity index is 0.00000243. The van der Waals surface area contributed by atoms with Crippen molar-refractivity contribution in [2.75, 3.05) is 31.5 Å². The van der Waals surface area contributed by atoms with Gasteiger partial charge < -0.3 is 15.4 Å². The van der Waals surface area contributed by atoms with Crippen LogP contribution in [-0.4, -0.2) is 43.0 Å². The van der Waals surface area contributed by atoms with E-state index < -0.39 is 0 Å². The van der Waals surface area contributed by atoms with Crippen LogP contribution in [0, 0.1) is 0 Å². The summed E-state index contributed by atoms with van der Waals surface area (Å²) in [6.07, 6.45) is 0. The predicted octanol–water partition coefficient (Wildman–Crippen LogP) is 3.79. The number of carbonyl (C=O) groups excluding carboxylic acids is 1. The van der Waals surface area contributed by atoms with Gasteiger partial charge in [0.2, 0.25) is 5.91 Å². The van der Waals surface area contributed by atoms with Crippen molar-refractivity contribution < 1.29 is 9.53 Å². The molecule has 1 aliphatic heterocycles. The topological polar surface area (TPSA) is 53.6 Å². The zero-order valence-corrected chi connectivity index (χ0v) is 16.1. The summed E-state index contributed by atoms with van der Waals surface area (Å²) in [5.41, 5.74) is 0.749. The van der Waals surface area contributed by atoms with Gasteiger partial charge in [0.05, 0.1) is 11.6 Å². The Morgan fingerprint density at radius 2 is 2.00 bits per heavy atom. The molecule has 1 fully saturated rings. The zero-order chi connectivity index (χ0) is 17.6. The van der Waals surface area contributed by atoms with Crippen molar-refractivity contribution in [3.8, 4) is 11.5 Å². The monoisotopic (exact) mass is 395 g/mol. The number of hydrogen-bond acceptors (Lipinski definition) is 4. The fourth-order valence-corrected chi connectivity index (χ4v) is 2.94. The van der Waals surface area contributed by atoms with Crippen molar-refractivity contribution in [2.24, 2.45) is 0 Å². The molecule has 3 rings (SSSR count). The Morgan fingerprint density at radius 3 is 2.69 bits per heavy atom. The van der Waals surface area contributed by atoms with Gasteiger partial charge in [0, 0.05) is 31.4 Å². The van der Waals surface area contributed by atoms with Gasteiger partial charge in [-0.25, -0.2) is 0 Å². The average molecular weight is 396 g/mol. The minimum atomic E-state index is -0.00600. The number of ether oxygens (including phenoxy) is 1. The second kappa shape index (κ2) is 9.78. The molecule has 0 bridgehead atoms. The third-order valence-corrected chi connectivity index (χ3v) is 4.50. The van der Waals surface area contributed by atoms with Gasteiger partial charge in [0.15, 0.2) is 0 Å². The number of halogens is 2. The normalized spacial score (nSPS) is 17.2. The first kappa shape index (κ1) is 20.5. The van der Waals surface area contributed by atoms with Crippen LogP contribution in [0.2, 0.25) is 5.02 Å². The number of para-hydroxylation sites is 1. The van der Waals surface area contributed by atoms with E-state index in [0.29, 0.717) is 29.1 Å². The molecule has 1 saturated heterocycles. The number of nitrogens with zero attached hydrogens (tertiary/aromatic N) is 1. The molecule has 0 aromatic heterocycles. The van der Waals surface area contributed by atoms with Gasteiger partial charge in [-0.05, 0) is 43.3 Å². The fourth-order valence-electron chi connectivity index (χ4n) is 2.76. The second-order valence-corrected chi connectivity index (χ2v) is 6.54. The summed E-state index contributed by atoms with van der Waals surface area (Å²) in [6, 6.07) is 15.0. The van der Waals surface area contributed by atoms with Crippen LogP contribution >= 0.6 is 24.0 Å². The third-order valence-electron chi connectivity index (χ3n) is 4.19. The van der Waals surface area contributed by atoms with E-state index in [1.54, 1.807) is 6.07 Å². The lowest BCUT2D eigenvalue weighted by Crippen LogP contribution is -2.51. The molecule has 2 aromatic carbocycles. The molecule has 1 amide bonds. The van der Waals surface area contributed by atoms with Crippen molar-refractivity contribution in [2.45, 2.75) is 13.0 Å². The van der Waals surface area contributed by atoms with E-state index in [9.17, 15) is 4.79 Å². The lowest BCUT2D eigenvalue weighted by Gasteiger charge is -2.33. The maximum Gasteiger partial charge on any atom is 0.238 e. The molecule has 1 heterocycles. The first-order valence-electron chi connectivity index (χ1n) is 8.39. The number of benzene rings is 2. The Kier molecular flexibility index (Phi) is 7.72. The molecule has 1 atom stereocenters. The van der Waals surface area contributed by atoms with Crippen molar-refractivity contribution in [3.63, 3.8) is 0 Å². The summed E-state index contributed by atoms with van der Waals surface area (Å²) in [6.45, 7) is 5.26.